The number of nitrogens with one attached hydrogen (secondary N) is 2. The lowest BCUT2D eigenvalue weighted by Gasteiger charge is -2.31. The second-order valence-electron chi connectivity index (χ2n) is 7.57. The number of esters is 1. The number of carbonyl (C=O) groups excluding carboxylic acids is 4. The minimum atomic E-state index is -1.05. The van der Waals surface area contributed by atoms with Crippen LogP contribution in [0.3, 0.4) is 0 Å². The molecule has 1 aliphatic carbocycles. The highest BCUT2D eigenvalue weighted by Gasteiger charge is 2.31. The third-order valence-corrected chi connectivity index (χ3v) is 6.29. The standard InChI is InChI=1S/C20H27N3O5S/c1-13(17(24)22-20(27)21-15-5-2-3-6-15)28-19(26)14-8-10-23(11-9-14)18(25)16-7-4-12-29-16/h4,7,12-15H,2-3,5-6,8-11H2,1H3,(H2,21,22,24,27)/t13-/m1/s1. The zero-order chi connectivity index (χ0) is 20.8. The summed E-state index contributed by atoms with van der Waals surface area (Å²) in [5, 5.41) is 6.85. The molecule has 0 bridgehead atoms. The summed E-state index contributed by atoms with van der Waals surface area (Å²) in [6.07, 6.45) is 3.91. The number of carbonyl (C=O) groups is 4. The number of imide groups is 1. The first kappa shape index (κ1) is 21.3. The SMILES string of the molecule is C[C@@H](OC(=O)C1CCN(C(=O)c2cccs2)CC1)C(=O)NC(=O)NC1CCCC1. The van der Waals surface area contributed by atoms with E-state index in [0.29, 0.717) is 30.8 Å². The lowest BCUT2D eigenvalue weighted by atomic mass is 9.97. The third kappa shape index (κ3) is 5.79. The molecule has 2 heterocycles. The Balaban J connectivity index is 1.39. The average Bonchev–Trinajstić information content (AvgIpc) is 3.41. The summed E-state index contributed by atoms with van der Waals surface area (Å²) < 4.78 is 5.26. The van der Waals surface area contributed by atoms with Crippen molar-refractivity contribution in [3.63, 3.8) is 0 Å². The number of likely N-dealkylation sites (tertiary alicyclic amines) is 1. The van der Waals surface area contributed by atoms with Gasteiger partial charge in [0.25, 0.3) is 11.8 Å². The Kier molecular flexibility index (Phi) is 7.24. The van der Waals surface area contributed by atoms with Crippen LogP contribution in [0.2, 0.25) is 0 Å². The van der Waals surface area contributed by atoms with Gasteiger partial charge in [0.05, 0.1) is 10.8 Å². The molecular weight excluding hydrogens is 394 g/mol. The largest absolute Gasteiger partial charge is 0.452 e. The number of hydrogen-bond donors (Lipinski definition) is 2. The van der Waals surface area contributed by atoms with Crippen LogP contribution in [0.5, 0.6) is 0 Å². The maximum Gasteiger partial charge on any atom is 0.321 e. The smallest absolute Gasteiger partial charge is 0.321 e. The van der Waals surface area contributed by atoms with Gasteiger partial charge in [0, 0.05) is 19.1 Å². The Hall–Kier alpha value is -2.42. The van der Waals surface area contributed by atoms with Crippen LogP contribution in [0.1, 0.15) is 55.1 Å². The first-order chi connectivity index (χ1) is 13.9. The Morgan fingerprint density at radius 2 is 1.83 bits per heavy atom. The van der Waals surface area contributed by atoms with Gasteiger partial charge in [-0.25, -0.2) is 4.79 Å². The summed E-state index contributed by atoms with van der Waals surface area (Å²) in [5.74, 6) is -1.48. The van der Waals surface area contributed by atoms with Crippen LogP contribution in [0, 0.1) is 5.92 Å². The van der Waals surface area contributed by atoms with E-state index in [9.17, 15) is 19.2 Å². The minimum Gasteiger partial charge on any atom is -0.452 e. The van der Waals surface area contributed by atoms with Crippen molar-refractivity contribution in [1.82, 2.24) is 15.5 Å². The van der Waals surface area contributed by atoms with E-state index < -0.39 is 24.0 Å². The van der Waals surface area contributed by atoms with Gasteiger partial charge >= 0.3 is 12.0 Å². The molecule has 1 aromatic rings. The van der Waals surface area contributed by atoms with Gasteiger partial charge in [-0.3, -0.25) is 19.7 Å². The fourth-order valence-electron chi connectivity index (χ4n) is 3.70. The predicted octanol–water partition coefficient (Wildman–Crippen LogP) is 2.30. The number of nitrogens with zero attached hydrogens (tertiary/aromatic N) is 1. The van der Waals surface area contributed by atoms with Gasteiger partial charge in [0.2, 0.25) is 0 Å². The zero-order valence-corrected chi connectivity index (χ0v) is 17.3. The van der Waals surface area contributed by atoms with Gasteiger partial charge in [-0.05, 0) is 44.1 Å². The van der Waals surface area contributed by atoms with Gasteiger partial charge in [0.1, 0.15) is 0 Å². The molecule has 9 heteroatoms. The van der Waals surface area contributed by atoms with E-state index in [1.165, 1.54) is 18.3 Å². The molecular formula is C20H27N3O5S. The second kappa shape index (κ2) is 9.87. The summed E-state index contributed by atoms with van der Waals surface area (Å²) in [6, 6.07) is 3.17. The summed E-state index contributed by atoms with van der Waals surface area (Å²) in [7, 11) is 0. The fourth-order valence-corrected chi connectivity index (χ4v) is 4.39. The van der Waals surface area contributed by atoms with Gasteiger partial charge in [-0.15, -0.1) is 11.3 Å². The highest BCUT2D eigenvalue weighted by molar-refractivity contribution is 7.12. The highest BCUT2D eigenvalue weighted by Crippen LogP contribution is 2.22. The van der Waals surface area contributed by atoms with E-state index in [1.807, 2.05) is 11.4 Å². The molecule has 2 fully saturated rings. The van der Waals surface area contributed by atoms with E-state index >= 15 is 0 Å². The molecule has 0 unspecified atom stereocenters. The molecule has 2 N–H and O–H groups in total. The van der Waals surface area contributed by atoms with Crippen molar-refractivity contribution in [3.05, 3.63) is 22.4 Å². The minimum absolute atomic E-state index is 0.0205. The third-order valence-electron chi connectivity index (χ3n) is 5.44. The molecule has 1 atom stereocenters. The van der Waals surface area contributed by atoms with Gasteiger partial charge < -0.3 is 15.0 Å². The molecule has 1 aromatic heterocycles. The van der Waals surface area contributed by atoms with Gasteiger partial charge in [-0.1, -0.05) is 18.9 Å². The van der Waals surface area contributed by atoms with E-state index in [2.05, 4.69) is 10.6 Å². The highest BCUT2D eigenvalue weighted by atomic mass is 32.1. The van der Waals surface area contributed by atoms with Crippen molar-refractivity contribution in [3.8, 4) is 0 Å². The molecule has 2 aliphatic rings. The number of thiophene rings is 1. The van der Waals surface area contributed by atoms with Crippen LogP contribution < -0.4 is 10.6 Å². The van der Waals surface area contributed by atoms with E-state index in [4.69, 9.17) is 4.74 Å². The van der Waals surface area contributed by atoms with Crippen molar-refractivity contribution in [2.45, 2.75) is 57.6 Å². The Morgan fingerprint density at radius 1 is 1.14 bits per heavy atom. The van der Waals surface area contributed by atoms with Crippen molar-refractivity contribution in [2.75, 3.05) is 13.1 Å². The number of hydrogen-bond acceptors (Lipinski definition) is 6. The average molecular weight is 422 g/mol. The Labute approximate surface area is 174 Å². The molecule has 158 valence electrons. The van der Waals surface area contributed by atoms with Crippen LogP contribution in [0.4, 0.5) is 4.79 Å². The van der Waals surface area contributed by atoms with Crippen LogP contribution in [-0.2, 0) is 14.3 Å². The summed E-state index contributed by atoms with van der Waals surface area (Å²) >= 11 is 1.40. The first-order valence-electron chi connectivity index (χ1n) is 10.1. The molecule has 1 saturated heterocycles. The van der Waals surface area contributed by atoms with E-state index in [1.54, 1.807) is 11.0 Å². The zero-order valence-electron chi connectivity index (χ0n) is 16.5. The van der Waals surface area contributed by atoms with Crippen LogP contribution in [0.15, 0.2) is 17.5 Å². The quantitative estimate of drug-likeness (QED) is 0.710. The number of rotatable bonds is 5. The van der Waals surface area contributed by atoms with Crippen molar-refractivity contribution >= 4 is 35.2 Å². The Bertz CT molecular complexity index is 737. The van der Waals surface area contributed by atoms with E-state index in [0.717, 1.165) is 25.7 Å². The molecule has 4 amide bonds. The molecule has 0 radical (unpaired) electrons. The topological polar surface area (TPSA) is 105 Å². The number of piperidine rings is 1. The molecule has 29 heavy (non-hydrogen) atoms. The predicted molar refractivity (Wildman–Crippen MR) is 107 cm³/mol. The number of amides is 4. The summed E-state index contributed by atoms with van der Waals surface area (Å²) in [6.45, 7) is 2.40. The molecule has 0 spiro atoms. The summed E-state index contributed by atoms with van der Waals surface area (Å²) in [5.41, 5.74) is 0. The lowest BCUT2D eigenvalue weighted by Crippen LogP contribution is -2.48. The van der Waals surface area contributed by atoms with Crippen LogP contribution in [-0.4, -0.2) is 54.0 Å². The van der Waals surface area contributed by atoms with Crippen molar-refractivity contribution in [2.24, 2.45) is 5.92 Å². The normalized spacial score (nSPS) is 18.9. The summed E-state index contributed by atoms with van der Waals surface area (Å²) in [4.78, 5) is 51.2. The van der Waals surface area contributed by atoms with Crippen molar-refractivity contribution in [1.29, 1.82) is 0 Å². The molecule has 1 saturated carbocycles. The van der Waals surface area contributed by atoms with Gasteiger partial charge in [0.15, 0.2) is 6.10 Å². The Morgan fingerprint density at radius 3 is 2.45 bits per heavy atom. The van der Waals surface area contributed by atoms with Gasteiger partial charge in [-0.2, -0.15) is 0 Å². The number of ether oxygens (including phenoxy) is 1. The van der Waals surface area contributed by atoms with Crippen LogP contribution >= 0.6 is 11.3 Å². The fraction of sp³-hybridized carbons (Fsp3) is 0.600. The maximum atomic E-state index is 12.4. The molecule has 8 nitrogen and oxygen atoms in total. The van der Waals surface area contributed by atoms with Crippen LogP contribution in [0.25, 0.3) is 0 Å². The molecule has 1 aliphatic heterocycles. The molecule has 3 rings (SSSR count). The van der Waals surface area contributed by atoms with E-state index in [-0.39, 0.29) is 17.9 Å². The maximum absolute atomic E-state index is 12.4. The number of urea groups is 1. The monoisotopic (exact) mass is 421 g/mol. The lowest BCUT2D eigenvalue weighted by molar-refractivity contribution is -0.159. The first-order valence-corrected chi connectivity index (χ1v) is 11.0. The van der Waals surface area contributed by atoms with Crippen molar-refractivity contribution < 1.29 is 23.9 Å². The molecule has 0 aromatic carbocycles. The second-order valence-corrected chi connectivity index (χ2v) is 8.51.